The lowest BCUT2D eigenvalue weighted by molar-refractivity contribution is 0.0734. The van der Waals surface area contributed by atoms with Crippen LogP contribution in [0.3, 0.4) is 0 Å². The Kier molecular flexibility index (Phi) is 12.8. The lowest BCUT2D eigenvalue weighted by atomic mass is 10.00. The average Bonchev–Trinajstić information content (AvgIpc) is 2.94. The topological polar surface area (TPSA) is 35.5 Å². The van der Waals surface area contributed by atoms with Gasteiger partial charge in [-0.15, -0.1) is 0 Å². The molecule has 3 aromatic rings. The van der Waals surface area contributed by atoms with Gasteiger partial charge in [-0.3, -0.25) is 0 Å². The number of aryl methyl sites for hydroxylation is 1. The smallest absolute Gasteiger partial charge is 0.343 e. The van der Waals surface area contributed by atoms with Crippen molar-refractivity contribution in [1.29, 1.82) is 0 Å². The minimum absolute atomic E-state index is 0.356. The summed E-state index contributed by atoms with van der Waals surface area (Å²) in [6.07, 6.45) is 15.1. The van der Waals surface area contributed by atoms with Gasteiger partial charge in [-0.2, -0.15) is 0 Å². The second-order valence-corrected chi connectivity index (χ2v) is 9.92. The first-order chi connectivity index (χ1) is 18.2. The molecule has 3 heteroatoms. The van der Waals surface area contributed by atoms with Crippen LogP contribution in [0.15, 0.2) is 72.8 Å². The van der Waals surface area contributed by atoms with Crippen LogP contribution in [0.2, 0.25) is 0 Å². The van der Waals surface area contributed by atoms with E-state index in [9.17, 15) is 4.79 Å². The highest BCUT2D eigenvalue weighted by atomic mass is 16.5. The van der Waals surface area contributed by atoms with Gasteiger partial charge >= 0.3 is 5.97 Å². The molecule has 0 aliphatic rings. The van der Waals surface area contributed by atoms with Crippen LogP contribution in [0, 0.1) is 0 Å². The maximum Gasteiger partial charge on any atom is 0.343 e. The fourth-order valence-corrected chi connectivity index (χ4v) is 4.44. The molecule has 0 N–H and O–H groups in total. The van der Waals surface area contributed by atoms with E-state index < -0.39 is 0 Å². The first-order valence-electron chi connectivity index (χ1n) is 14.3. The van der Waals surface area contributed by atoms with Crippen molar-refractivity contribution in [3.63, 3.8) is 0 Å². The van der Waals surface area contributed by atoms with Crippen LogP contribution in [-0.4, -0.2) is 12.6 Å². The Morgan fingerprint density at radius 1 is 0.568 bits per heavy atom. The molecular formula is C34H44O3. The minimum Gasteiger partial charge on any atom is -0.494 e. The van der Waals surface area contributed by atoms with Gasteiger partial charge in [0.25, 0.3) is 0 Å². The number of hydrogen-bond donors (Lipinski definition) is 0. The van der Waals surface area contributed by atoms with Gasteiger partial charge in [0.05, 0.1) is 12.2 Å². The van der Waals surface area contributed by atoms with Crippen molar-refractivity contribution in [3.05, 3.63) is 83.9 Å². The number of unbranched alkanes of at least 4 members (excludes halogenated alkanes) is 9. The molecule has 3 aromatic carbocycles. The van der Waals surface area contributed by atoms with Gasteiger partial charge in [0.1, 0.15) is 11.5 Å². The van der Waals surface area contributed by atoms with Gasteiger partial charge in [-0.05, 0) is 72.4 Å². The van der Waals surface area contributed by atoms with Gasteiger partial charge in [-0.25, -0.2) is 4.79 Å². The van der Waals surface area contributed by atoms with Crippen LogP contribution in [0.4, 0.5) is 0 Å². The predicted octanol–water partition coefficient (Wildman–Crippen LogP) is 9.82. The van der Waals surface area contributed by atoms with E-state index >= 15 is 0 Å². The summed E-state index contributed by atoms with van der Waals surface area (Å²) in [5.74, 6) is 0.970. The molecule has 0 aliphatic heterocycles. The Balaban J connectivity index is 1.42. The van der Waals surface area contributed by atoms with Crippen molar-refractivity contribution in [2.75, 3.05) is 6.61 Å². The highest BCUT2D eigenvalue weighted by Crippen LogP contribution is 2.23. The van der Waals surface area contributed by atoms with Crippen LogP contribution in [0.1, 0.15) is 100 Å². The van der Waals surface area contributed by atoms with Crippen molar-refractivity contribution in [2.45, 2.75) is 90.9 Å². The van der Waals surface area contributed by atoms with E-state index in [2.05, 4.69) is 38.1 Å². The molecule has 3 nitrogen and oxygen atoms in total. The molecular weight excluding hydrogens is 456 g/mol. The Labute approximate surface area is 224 Å². The van der Waals surface area contributed by atoms with E-state index in [1.807, 2.05) is 36.4 Å². The van der Waals surface area contributed by atoms with Gasteiger partial charge in [0, 0.05) is 0 Å². The summed E-state index contributed by atoms with van der Waals surface area (Å²) in [5, 5.41) is 0. The summed E-state index contributed by atoms with van der Waals surface area (Å²) in [6, 6.07) is 23.7. The SMILES string of the molecule is CCCCCCCCOc1ccc(OC(=O)c2ccc(-c3ccc(CCCCCCC)cc3)cc2)cc1. The Morgan fingerprint density at radius 3 is 1.70 bits per heavy atom. The number of carbonyl (C=O) groups is 1. The fourth-order valence-electron chi connectivity index (χ4n) is 4.44. The Hall–Kier alpha value is -3.07. The van der Waals surface area contributed by atoms with Gasteiger partial charge < -0.3 is 9.47 Å². The molecule has 0 heterocycles. The third-order valence-electron chi connectivity index (χ3n) is 6.78. The molecule has 0 fully saturated rings. The average molecular weight is 501 g/mol. The van der Waals surface area contributed by atoms with Crippen LogP contribution in [0.5, 0.6) is 11.5 Å². The number of benzene rings is 3. The molecule has 0 saturated carbocycles. The highest BCUT2D eigenvalue weighted by Gasteiger charge is 2.09. The van der Waals surface area contributed by atoms with E-state index in [1.165, 1.54) is 69.8 Å². The minimum atomic E-state index is -0.356. The predicted molar refractivity (Wildman–Crippen MR) is 155 cm³/mol. The summed E-state index contributed by atoms with van der Waals surface area (Å²) < 4.78 is 11.4. The largest absolute Gasteiger partial charge is 0.494 e. The molecule has 0 radical (unpaired) electrons. The maximum absolute atomic E-state index is 12.6. The first kappa shape index (κ1) is 28.5. The molecule has 0 atom stereocenters. The highest BCUT2D eigenvalue weighted by molar-refractivity contribution is 5.91. The second-order valence-electron chi connectivity index (χ2n) is 9.92. The monoisotopic (exact) mass is 500 g/mol. The summed E-state index contributed by atoms with van der Waals surface area (Å²) in [6.45, 7) is 5.20. The van der Waals surface area contributed by atoms with E-state index in [1.54, 1.807) is 12.1 Å². The van der Waals surface area contributed by atoms with Crippen LogP contribution < -0.4 is 9.47 Å². The van der Waals surface area contributed by atoms with E-state index in [-0.39, 0.29) is 5.97 Å². The molecule has 37 heavy (non-hydrogen) atoms. The Morgan fingerprint density at radius 2 is 1.08 bits per heavy atom. The van der Waals surface area contributed by atoms with Crippen molar-refractivity contribution in [3.8, 4) is 22.6 Å². The van der Waals surface area contributed by atoms with E-state index in [0.29, 0.717) is 11.3 Å². The summed E-state index contributed by atoms with van der Waals surface area (Å²) in [7, 11) is 0. The van der Waals surface area contributed by atoms with Crippen molar-refractivity contribution in [1.82, 2.24) is 0 Å². The summed E-state index contributed by atoms with van der Waals surface area (Å²) in [4.78, 5) is 12.6. The number of rotatable bonds is 17. The normalized spacial score (nSPS) is 10.9. The quantitative estimate of drug-likeness (QED) is 0.105. The molecule has 0 bridgehead atoms. The molecule has 0 aliphatic carbocycles. The van der Waals surface area contributed by atoms with Crippen LogP contribution >= 0.6 is 0 Å². The molecule has 0 aromatic heterocycles. The molecule has 0 unspecified atom stereocenters. The molecule has 0 spiro atoms. The fraction of sp³-hybridized carbons (Fsp3) is 0.441. The lowest BCUT2D eigenvalue weighted by Gasteiger charge is -2.09. The van der Waals surface area contributed by atoms with Gasteiger partial charge in [0.15, 0.2) is 0 Å². The van der Waals surface area contributed by atoms with E-state index in [0.717, 1.165) is 36.3 Å². The zero-order valence-electron chi connectivity index (χ0n) is 22.8. The number of carbonyl (C=O) groups excluding carboxylic acids is 1. The standard InChI is InChI=1S/C34H44O3/c1-3-5-7-9-11-13-27-36-32-23-25-33(26-24-32)37-34(35)31-21-19-30(20-22-31)29-17-15-28(16-18-29)14-12-10-8-6-4-2/h15-26H,3-14,27H2,1-2H3. The van der Waals surface area contributed by atoms with Crippen molar-refractivity contribution in [2.24, 2.45) is 0 Å². The van der Waals surface area contributed by atoms with Gasteiger partial charge in [-0.1, -0.05) is 108 Å². The van der Waals surface area contributed by atoms with E-state index in [4.69, 9.17) is 9.47 Å². The van der Waals surface area contributed by atoms with Gasteiger partial charge in [0.2, 0.25) is 0 Å². The molecule has 3 rings (SSSR count). The zero-order valence-corrected chi connectivity index (χ0v) is 22.8. The second kappa shape index (κ2) is 16.6. The summed E-state index contributed by atoms with van der Waals surface area (Å²) in [5.41, 5.74) is 4.18. The number of esters is 1. The third kappa shape index (κ3) is 10.4. The lowest BCUT2D eigenvalue weighted by Crippen LogP contribution is -2.08. The Bertz CT molecular complexity index is 1020. The number of hydrogen-bond acceptors (Lipinski definition) is 3. The molecule has 0 saturated heterocycles. The van der Waals surface area contributed by atoms with Crippen molar-refractivity contribution >= 4 is 5.97 Å². The van der Waals surface area contributed by atoms with Crippen LogP contribution in [0.25, 0.3) is 11.1 Å². The molecule has 0 amide bonds. The number of ether oxygens (including phenoxy) is 2. The zero-order chi connectivity index (χ0) is 26.1. The molecule has 198 valence electrons. The maximum atomic E-state index is 12.6. The summed E-state index contributed by atoms with van der Waals surface area (Å²) >= 11 is 0. The first-order valence-corrected chi connectivity index (χ1v) is 14.3. The van der Waals surface area contributed by atoms with Crippen molar-refractivity contribution < 1.29 is 14.3 Å². The van der Waals surface area contributed by atoms with Crippen LogP contribution in [-0.2, 0) is 6.42 Å². The third-order valence-corrected chi connectivity index (χ3v) is 6.78.